The topological polar surface area (TPSA) is 0 Å². The lowest BCUT2D eigenvalue weighted by Gasteiger charge is -2.40. The van der Waals surface area contributed by atoms with Crippen LogP contribution in [-0.4, -0.2) is 5.92 Å². The van der Waals surface area contributed by atoms with Crippen LogP contribution in [0.5, 0.6) is 0 Å². The smallest absolute Gasteiger partial charge is 0.207 e. The van der Waals surface area contributed by atoms with Gasteiger partial charge in [-0.05, 0) is 138 Å². The molecular weight excluding hydrogens is 651 g/mol. The molecule has 0 bridgehead atoms. The zero-order valence-corrected chi connectivity index (χ0v) is 40.0. The van der Waals surface area contributed by atoms with Gasteiger partial charge in [-0.15, -0.1) is 0 Å². The van der Waals surface area contributed by atoms with Crippen LogP contribution in [0.15, 0.2) is 0 Å². The molecule has 0 aromatic rings. The van der Waals surface area contributed by atoms with Gasteiger partial charge in [0.1, 0.15) is 0 Å². The first-order chi connectivity index (χ1) is 23.8. The summed E-state index contributed by atoms with van der Waals surface area (Å²) in [6.45, 7) is 44.0. The molecule has 0 atom stereocenters. The summed E-state index contributed by atoms with van der Waals surface area (Å²) in [5.74, 6) is 3.90. The fourth-order valence-corrected chi connectivity index (χ4v) is 10.3. The van der Waals surface area contributed by atoms with E-state index in [2.05, 4.69) is 125 Å². The van der Waals surface area contributed by atoms with Crippen LogP contribution in [0.1, 0.15) is 247 Å². The highest BCUT2D eigenvalue weighted by atomic mass is 19.3. The molecule has 7 rings (SSSR count). The zero-order valence-electron chi connectivity index (χ0n) is 40.0. The molecule has 0 amide bonds. The van der Waals surface area contributed by atoms with Crippen molar-refractivity contribution < 1.29 is 8.78 Å². The van der Waals surface area contributed by atoms with Crippen LogP contribution in [0.3, 0.4) is 0 Å². The Morgan fingerprint density at radius 1 is 0.547 bits per heavy atom. The minimum atomic E-state index is -2.31. The van der Waals surface area contributed by atoms with Gasteiger partial charge >= 0.3 is 0 Å². The molecule has 7 saturated carbocycles. The molecular formula is C51H100F2. The Morgan fingerprint density at radius 2 is 0.943 bits per heavy atom. The maximum atomic E-state index is 11.8. The highest BCUT2D eigenvalue weighted by Crippen LogP contribution is 2.67. The first-order valence-corrected chi connectivity index (χ1v) is 23.2. The van der Waals surface area contributed by atoms with E-state index in [9.17, 15) is 8.78 Å². The predicted octanol–water partition coefficient (Wildman–Crippen LogP) is 18.3. The van der Waals surface area contributed by atoms with Gasteiger partial charge in [0.15, 0.2) is 0 Å². The van der Waals surface area contributed by atoms with E-state index in [1.807, 2.05) is 6.92 Å². The second-order valence-electron chi connectivity index (χ2n) is 25.1. The Bertz CT molecular complexity index is 930. The molecule has 7 fully saturated rings. The Kier molecular flexibility index (Phi) is 19.7. The Morgan fingerprint density at radius 3 is 1.06 bits per heavy atom. The normalized spacial score (nSPS) is 29.3. The van der Waals surface area contributed by atoms with Crippen molar-refractivity contribution >= 4 is 0 Å². The van der Waals surface area contributed by atoms with Crippen LogP contribution in [0.25, 0.3) is 0 Å². The van der Waals surface area contributed by atoms with E-state index in [4.69, 9.17) is 0 Å². The molecule has 0 radical (unpaired) electrons. The maximum absolute atomic E-state index is 11.8. The molecule has 0 N–H and O–H groups in total. The van der Waals surface area contributed by atoms with Crippen LogP contribution in [0.4, 0.5) is 8.78 Å². The minimum Gasteiger partial charge on any atom is -0.207 e. The third-order valence-corrected chi connectivity index (χ3v) is 14.8. The van der Waals surface area contributed by atoms with Gasteiger partial charge in [-0.1, -0.05) is 170 Å². The molecule has 0 aromatic carbocycles. The number of rotatable bonds is 3. The first kappa shape index (κ1) is 50.9. The van der Waals surface area contributed by atoms with E-state index in [-0.39, 0.29) is 18.8 Å². The van der Waals surface area contributed by atoms with Crippen molar-refractivity contribution in [3.8, 4) is 0 Å². The monoisotopic (exact) mass is 751 g/mol. The highest BCUT2D eigenvalue weighted by molar-refractivity contribution is 5.09. The van der Waals surface area contributed by atoms with E-state index in [0.717, 1.165) is 40.9 Å². The van der Waals surface area contributed by atoms with Crippen molar-refractivity contribution in [2.75, 3.05) is 0 Å². The third kappa shape index (κ3) is 21.3. The van der Waals surface area contributed by atoms with Crippen LogP contribution in [0, 0.1) is 73.9 Å². The van der Waals surface area contributed by atoms with Crippen LogP contribution >= 0.6 is 0 Å². The number of hydrogen-bond donors (Lipinski definition) is 0. The van der Waals surface area contributed by atoms with E-state index in [1.165, 1.54) is 103 Å². The van der Waals surface area contributed by atoms with Gasteiger partial charge in [-0.3, -0.25) is 0 Å². The number of alkyl halides is 2. The zero-order chi connectivity index (χ0) is 41.3. The summed E-state index contributed by atoms with van der Waals surface area (Å²) in [7, 11) is 0. The third-order valence-electron chi connectivity index (χ3n) is 14.8. The van der Waals surface area contributed by atoms with Gasteiger partial charge in [-0.25, -0.2) is 8.78 Å². The van der Waals surface area contributed by atoms with Crippen molar-refractivity contribution in [3.05, 3.63) is 0 Å². The number of hydrogen-bond acceptors (Lipinski definition) is 0. The predicted molar refractivity (Wildman–Crippen MR) is 235 cm³/mol. The van der Waals surface area contributed by atoms with Crippen molar-refractivity contribution in [3.63, 3.8) is 0 Å². The van der Waals surface area contributed by atoms with Gasteiger partial charge in [0.2, 0.25) is 5.92 Å². The molecule has 0 spiro atoms. The molecule has 2 heteroatoms. The molecule has 0 aliphatic heterocycles. The van der Waals surface area contributed by atoms with Crippen molar-refractivity contribution in [2.24, 2.45) is 73.9 Å². The summed E-state index contributed by atoms with van der Waals surface area (Å²) in [4.78, 5) is 0. The van der Waals surface area contributed by atoms with E-state index in [1.54, 1.807) is 0 Å². The molecule has 53 heavy (non-hydrogen) atoms. The molecule has 7 aliphatic carbocycles. The highest BCUT2D eigenvalue weighted by Gasteiger charge is 2.61. The summed E-state index contributed by atoms with van der Waals surface area (Å²) < 4.78 is 23.6. The van der Waals surface area contributed by atoms with E-state index >= 15 is 0 Å². The molecule has 0 unspecified atom stereocenters. The van der Waals surface area contributed by atoms with Crippen LogP contribution in [-0.2, 0) is 0 Å². The fraction of sp³-hybridized carbons (Fsp3) is 1.00. The minimum absolute atomic E-state index is 0.104. The van der Waals surface area contributed by atoms with E-state index < -0.39 is 5.92 Å². The second-order valence-corrected chi connectivity index (χ2v) is 25.1. The van der Waals surface area contributed by atoms with Crippen molar-refractivity contribution in [1.29, 1.82) is 0 Å². The lowest BCUT2D eigenvalue weighted by molar-refractivity contribution is -0.104. The second kappa shape index (κ2) is 20.5. The Labute approximate surface area is 334 Å². The fourth-order valence-electron chi connectivity index (χ4n) is 10.3. The summed E-state index contributed by atoms with van der Waals surface area (Å²) in [6, 6.07) is 0. The lowest BCUT2D eigenvalue weighted by atomic mass is 9.65. The largest absolute Gasteiger partial charge is 0.248 e. The van der Waals surface area contributed by atoms with Crippen molar-refractivity contribution in [2.45, 2.75) is 253 Å². The molecule has 0 aromatic heterocycles. The maximum Gasteiger partial charge on any atom is 0.248 e. The van der Waals surface area contributed by atoms with Gasteiger partial charge in [-0.2, -0.15) is 0 Å². The van der Waals surface area contributed by atoms with E-state index in [0.29, 0.717) is 27.1 Å². The molecule has 0 saturated heterocycles. The van der Waals surface area contributed by atoms with Gasteiger partial charge < -0.3 is 0 Å². The van der Waals surface area contributed by atoms with Crippen LogP contribution in [0.2, 0.25) is 0 Å². The lowest BCUT2D eigenvalue weighted by Crippen LogP contribution is -2.33. The molecule has 0 heterocycles. The summed E-state index contributed by atoms with van der Waals surface area (Å²) in [6.07, 6.45) is 23.7. The van der Waals surface area contributed by atoms with Crippen LogP contribution < -0.4 is 0 Å². The Balaban J connectivity index is 0.000000311. The van der Waals surface area contributed by atoms with Gasteiger partial charge in [0.05, 0.1) is 0 Å². The summed E-state index contributed by atoms with van der Waals surface area (Å²) >= 11 is 0. The number of halogens is 2. The average molecular weight is 751 g/mol. The standard InChI is InChI=1S/C10H20.2C8H16.2C7H14.C6H12.C5H8F2/c1-8-5-9(6-8)7-10(2,3)4;1-6-7(2,3)8(6,4)5;1-7(2)6-8(3)4-5-8;1-6-4-7(2,3)5-6;1-7(2)5-3-4-6-7;1-6-4-2-3-5-6;1-4-2-5(6,7)3-4/h8-9H,5-7H2,1-4H3;6H,1-5H3;7H,4-6H2,1-3H3;6H,4-5H2,1-3H3;3-6H2,1-2H3;6H,2-5H2,1H3;4H,2-3H2,1H3. The first-order valence-electron chi connectivity index (χ1n) is 23.2. The Hall–Kier alpha value is -0.140. The van der Waals surface area contributed by atoms with Crippen molar-refractivity contribution in [1.82, 2.24) is 0 Å². The molecule has 7 aliphatic rings. The quantitative estimate of drug-likeness (QED) is 0.269. The average Bonchev–Trinajstić information content (AvgIpc) is 3.42. The summed E-state index contributed by atoms with van der Waals surface area (Å²) in [5, 5.41) is 0. The van der Waals surface area contributed by atoms with Gasteiger partial charge in [0.25, 0.3) is 0 Å². The SMILES string of the molecule is CC(C)CC1(C)CC1.CC1(C)CCCC1.CC1C(C)(C)C1(C)C.CC1CC(C)(C)C1.CC1CC(CC(C)(C)C)C1.CC1CC(F)(F)C1.CC1CCCC1. The van der Waals surface area contributed by atoms with Gasteiger partial charge in [0, 0.05) is 12.8 Å². The molecule has 318 valence electrons. The summed E-state index contributed by atoms with van der Waals surface area (Å²) in [5.41, 5.74) is 3.93. The molecule has 0 nitrogen and oxygen atoms in total.